The summed E-state index contributed by atoms with van der Waals surface area (Å²) < 4.78 is 14.0. The van der Waals surface area contributed by atoms with Crippen LogP contribution in [0.15, 0.2) is 212 Å². The number of pyridine rings is 1. The molecule has 0 atom stereocenters. The first kappa shape index (κ1) is 42.8. The van der Waals surface area contributed by atoms with Crippen LogP contribution >= 0.6 is 0 Å². The number of para-hydroxylation sites is 6. The number of rotatable bonds is 7. The average molecular weight is 945 g/mol. The first-order valence-corrected chi connectivity index (χ1v) is 25.2. The van der Waals surface area contributed by atoms with Gasteiger partial charge >= 0.3 is 0 Å². The number of nitrogens with zero attached hydrogens (tertiary/aromatic N) is 6. The molecule has 73 heavy (non-hydrogen) atoms. The number of fused-ring (bicyclic) bond motifs is 10. The van der Waals surface area contributed by atoms with Crippen molar-refractivity contribution in [3.05, 3.63) is 224 Å². The van der Waals surface area contributed by atoms with E-state index < -0.39 is 0 Å². The maximum atomic E-state index is 6.81. The molecule has 14 rings (SSSR count). The van der Waals surface area contributed by atoms with E-state index >= 15 is 0 Å². The van der Waals surface area contributed by atoms with E-state index in [0.29, 0.717) is 0 Å². The van der Waals surface area contributed by atoms with E-state index in [4.69, 9.17) is 9.72 Å². The number of anilines is 3. The van der Waals surface area contributed by atoms with Gasteiger partial charge in [0, 0.05) is 74.5 Å². The summed E-state index contributed by atoms with van der Waals surface area (Å²) in [7, 11) is 2.14. The fourth-order valence-electron chi connectivity index (χ4n) is 11.7. The zero-order valence-corrected chi connectivity index (χ0v) is 41.5. The molecule has 4 aromatic heterocycles. The Labute approximate surface area is 424 Å². The third kappa shape index (κ3) is 6.69. The lowest BCUT2D eigenvalue weighted by molar-refractivity contribution is 0.483. The highest BCUT2D eigenvalue weighted by Crippen LogP contribution is 2.45. The SMILES string of the molecule is Cc1cc(-n2c3cc(Oc4cccc(N5CN(C)c6ccccc65)c4)ccc3c3ccc(C(C)(C)C)cc32)ncc1-c1c(-n2c3ccccc3c3ccccc32)cccc1-n1c2ccccc2c2ccccc21. The molecule has 0 unspecified atom stereocenters. The highest BCUT2D eigenvalue weighted by Gasteiger charge is 2.27. The summed E-state index contributed by atoms with van der Waals surface area (Å²) in [4.78, 5) is 10.1. The first-order chi connectivity index (χ1) is 35.7. The van der Waals surface area contributed by atoms with E-state index in [1.165, 1.54) is 43.9 Å². The van der Waals surface area contributed by atoms with Gasteiger partial charge in [-0.05, 0) is 108 Å². The molecular formula is C66H52N6O. The summed E-state index contributed by atoms with van der Waals surface area (Å²) in [5, 5.41) is 7.19. The van der Waals surface area contributed by atoms with Crippen molar-refractivity contribution in [3.63, 3.8) is 0 Å². The Bertz CT molecular complexity index is 4140. The molecule has 0 aliphatic carbocycles. The second-order valence-corrected chi connectivity index (χ2v) is 20.6. The van der Waals surface area contributed by atoms with Gasteiger partial charge in [-0.25, -0.2) is 4.98 Å². The number of aromatic nitrogens is 4. The number of aryl methyl sites for hydroxylation is 1. The maximum Gasteiger partial charge on any atom is 0.137 e. The van der Waals surface area contributed by atoms with Crippen LogP contribution in [0.2, 0.25) is 0 Å². The third-order valence-electron chi connectivity index (χ3n) is 15.2. The van der Waals surface area contributed by atoms with Crippen LogP contribution in [0.1, 0.15) is 31.9 Å². The van der Waals surface area contributed by atoms with Gasteiger partial charge in [0.2, 0.25) is 0 Å². The van der Waals surface area contributed by atoms with Crippen LogP contribution in [-0.2, 0) is 5.41 Å². The summed E-state index contributed by atoms with van der Waals surface area (Å²) in [6.07, 6.45) is 2.11. The summed E-state index contributed by atoms with van der Waals surface area (Å²) in [5.74, 6) is 2.38. The number of hydrogen-bond acceptors (Lipinski definition) is 4. The van der Waals surface area contributed by atoms with Crippen molar-refractivity contribution in [2.45, 2.75) is 33.1 Å². The average Bonchev–Trinajstić information content (AvgIpc) is 4.14. The zero-order chi connectivity index (χ0) is 49.1. The van der Waals surface area contributed by atoms with Crippen LogP contribution < -0.4 is 14.5 Å². The van der Waals surface area contributed by atoms with Crippen molar-refractivity contribution in [3.8, 4) is 39.8 Å². The van der Waals surface area contributed by atoms with Gasteiger partial charge in [-0.1, -0.05) is 130 Å². The Hall–Kier alpha value is -9.07. The van der Waals surface area contributed by atoms with E-state index in [1.54, 1.807) is 0 Å². The maximum absolute atomic E-state index is 6.81. The molecule has 7 nitrogen and oxygen atoms in total. The summed E-state index contributed by atoms with van der Waals surface area (Å²) in [6, 6.07) is 74.5. The standard InChI is InChI=1S/C66H52N6O/c1-42-36-64(72-62-37-43(66(2,3)4)32-34-51(62)52-35-33-46(39-63(52)72)73-45-19-16-18-44(38-45)69-41-68(5)58-28-14-15-29-59(58)69)67-40-53(42)65-60(70-54-24-10-6-20-47(54)48-21-7-11-25-55(48)70)30-17-31-61(65)71-56-26-12-8-22-49(56)50-23-9-13-27-57(50)71/h6-40H,41H2,1-5H3. The van der Waals surface area contributed by atoms with Crippen LogP contribution in [0.4, 0.5) is 17.1 Å². The molecule has 0 N–H and O–H groups in total. The predicted octanol–water partition coefficient (Wildman–Crippen LogP) is 17.0. The monoisotopic (exact) mass is 944 g/mol. The van der Waals surface area contributed by atoms with Crippen LogP contribution in [0.5, 0.6) is 11.5 Å². The van der Waals surface area contributed by atoms with Gasteiger partial charge in [0.15, 0.2) is 0 Å². The molecule has 0 saturated carbocycles. The molecule has 0 radical (unpaired) electrons. The van der Waals surface area contributed by atoms with Crippen LogP contribution in [0.3, 0.4) is 0 Å². The normalized spacial score (nSPS) is 12.9. The Morgan fingerprint density at radius 3 is 1.52 bits per heavy atom. The van der Waals surface area contributed by atoms with E-state index in [0.717, 1.165) is 96.2 Å². The predicted molar refractivity (Wildman–Crippen MR) is 304 cm³/mol. The summed E-state index contributed by atoms with van der Waals surface area (Å²) >= 11 is 0. The molecule has 0 bridgehead atoms. The van der Waals surface area contributed by atoms with Crippen molar-refractivity contribution in [1.29, 1.82) is 0 Å². The van der Waals surface area contributed by atoms with Gasteiger partial charge in [-0.15, -0.1) is 0 Å². The van der Waals surface area contributed by atoms with E-state index in [2.05, 4.69) is 265 Å². The van der Waals surface area contributed by atoms with Gasteiger partial charge < -0.3 is 23.7 Å². The molecule has 352 valence electrons. The Kier molecular flexibility index (Phi) is 9.51. The van der Waals surface area contributed by atoms with Gasteiger partial charge in [-0.2, -0.15) is 0 Å². The minimum absolute atomic E-state index is 0.0631. The molecule has 5 heterocycles. The minimum Gasteiger partial charge on any atom is -0.457 e. The van der Waals surface area contributed by atoms with Gasteiger partial charge in [-0.3, -0.25) is 4.57 Å². The zero-order valence-electron chi connectivity index (χ0n) is 41.5. The fourth-order valence-corrected chi connectivity index (χ4v) is 11.7. The van der Waals surface area contributed by atoms with Gasteiger partial charge in [0.05, 0.1) is 62.5 Å². The van der Waals surface area contributed by atoms with Crippen molar-refractivity contribution in [1.82, 2.24) is 18.7 Å². The molecule has 7 heteroatoms. The van der Waals surface area contributed by atoms with Crippen molar-refractivity contribution >= 4 is 82.5 Å². The fraction of sp³-hybridized carbons (Fsp3) is 0.106. The molecule has 0 amide bonds. The number of benzene rings is 9. The van der Waals surface area contributed by atoms with Crippen LogP contribution in [0, 0.1) is 6.92 Å². The van der Waals surface area contributed by atoms with Gasteiger partial charge in [0.1, 0.15) is 17.3 Å². The molecule has 1 aliphatic heterocycles. The number of ether oxygens (including phenoxy) is 1. The van der Waals surface area contributed by atoms with E-state index in [-0.39, 0.29) is 5.41 Å². The summed E-state index contributed by atoms with van der Waals surface area (Å²) in [5.41, 5.74) is 16.9. The minimum atomic E-state index is -0.0631. The molecule has 0 saturated heterocycles. The van der Waals surface area contributed by atoms with Gasteiger partial charge in [0.25, 0.3) is 0 Å². The molecular weight excluding hydrogens is 893 g/mol. The largest absolute Gasteiger partial charge is 0.457 e. The lowest BCUT2D eigenvalue weighted by atomic mass is 9.86. The van der Waals surface area contributed by atoms with Crippen molar-refractivity contribution < 1.29 is 4.74 Å². The molecule has 0 spiro atoms. The van der Waals surface area contributed by atoms with E-state index in [9.17, 15) is 0 Å². The topological polar surface area (TPSA) is 43.4 Å². The Morgan fingerprint density at radius 2 is 0.932 bits per heavy atom. The second-order valence-electron chi connectivity index (χ2n) is 20.6. The summed E-state index contributed by atoms with van der Waals surface area (Å²) in [6.45, 7) is 9.84. The lowest BCUT2D eigenvalue weighted by Crippen LogP contribution is -2.23. The Balaban J connectivity index is 0.965. The first-order valence-electron chi connectivity index (χ1n) is 25.2. The smallest absolute Gasteiger partial charge is 0.137 e. The molecule has 9 aromatic carbocycles. The molecule has 0 fully saturated rings. The highest BCUT2D eigenvalue weighted by atomic mass is 16.5. The van der Waals surface area contributed by atoms with Crippen molar-refractivity contribution in [2.24, 2.45) is 0 Å². The second kappa shape index (κ2) is 16.2. The van der Waals surface area contributed by atoms with E-state index in [1.807, 2.05) is 6.07 Å². The lowest BCUT2D eigenvalue weighted by Gasteiger charge is -2.22. The highest BCUT2D eigenvalue weighted by molar-refractivity contribution is 6.13. The number of hydrogen-bond donors (Lipinski definition) is 0. The third-order valence-corrected chi connectivity index (χ3v) is 15.2. The van der Waals surface area contributed by atoms with Crippen LogP contribution in [0.25, 0.3) is 93.7 Å². The van der Waals surface area contributed by atoms with Crippen LogP contribution in [-0.4, -0.2) is 32.4 Å². The molecule has 1 aliphatic rings. The Morgan fingerprint density at radius 1 is 0.438 bits per heavy atom. The quantitative estimate of drug-likeness (QED) is 0.160. The van der Waals surface area contributed by atoms with Crippen molar-refractivity contribution in [2.75, 3.05) is 23.5 Å². The molecule has 13 aromatic rings.